The van der Waals surface area contributed by atoms with Gasteiger partial charge >= 0.3 is 0 Å². The van der Waals surface area contributed by atoms with E-state index in [-0.39, 0.29) is 0 Å². The highest BCUT2D eigenvalue weighted by molar-refractivity contribution is 8.03. The van der Waals surface area contributed by atoms with E-state index in [4.69, 9.17) is 4.42 Å². The van der Waals surface area contributed by atoms with Gasteiger partial charge in [0.2, 0.25) is 0 Å². The van der Waals surface area contributed by atoms with E-state index < -0.39 is 0 Å². The van der Waals surface area contributed by atoms with Gasteiger partial charge in [-0.25, -0.2) is 0 Å². The van der Waals surface area contributed by atoms with Crippen molar-refractivity contribution >= 4 is 87.9 Å². The van der Waals surface area contributed by atoms with Crippen LogP contribution in [0.15, 0.2) is 184 Å². The average molecular weight is 707 g/mol. The van der Waals surface area contributed by atoms with Gasteiger partial charge in [0.1, 0.15) is 11.2 Å². The molecule has 0 N–H and O–H groups in total. The van der Waals surface area contributed by atoms with Crippen LogP contribution in [-0.2, 0) is 0 Å². The first-order valence-electron chi connectivity index (χ1n) is 19.0. The van der Waals surface area contributed by atoms with Crippen LogP contribution in [0.5, 0.6) is 0 Å². The number of allylic oxidation sites excluding steroid dienone is 8. The highest BCUT2D eigenvalue weighted by Gasteiger charge is 2.33. The Kier molecular flexibility index (Phi) is 6.58. The van der Waals surface area contributed by atoms with E-state index >= 15 is 0 Å². The largest absolute Gasteiger partial charge is 0.455 e. The maximum absolute atomic E-state index is 6.52. The first kappa shape index (κ1) is 30.4. The van der Waals surface area contributed by atoms with Gasteiger partial charge in [-0.1, -0.05) is 157 Å². The van der Waals surface area contributed by atoms with E-state index in [9.17, 15) is 0 Å². The van der Waals surface area contributed by atoms with Crippen LogP contribution < -0.4 is 0 Å². The standard InChI is InChI=1S/C52H34OS/c1-2-15-36-31(11-1)12-10-21-37(36)32-13-9-14-34(27-32)50-39-17-3-5-19-41(39)51(42-20-6-4-18-40(42)50)35-24-26-48-45(28-35)46-30-44-33(29-49(46)54-48)23-25-43-38-16-7-8-22-47(38)53-52(43)44/h1-26,29-30,32,45H,27-28H2. The molecule has 0 fully saturated rings. The highest BCUT2D eigenvalue weighted by atomic mass is 32.2. The predicted molar refractivity (Wildman–Crippen MR) is 230 cm³/mol. The third-order valence-electron chi connectivity index (χ3n) is 12.2. The first-order chi connectivity index (χ1) is 26.8. The molecule has 2 unspecified atom stereocenters. The number of thioether (sulfide) groups is 1. The van der Waals surface area contributed by atoms with Crippen molar-refractivity contribution in [3.05, 3.63) is 197 Å². The monoisotopic (exact) mass is 706 g/mol. The summed E-state index contributed by atoms with van der Waals surface area (Å²) in [6, 6.07) is 51.5. The van der Waals surface area contributed by atoms with Crippen LogP contribution in [0.3, 0.4) is 0 Å². The number of benzene rings is 8. The zero-order valence-corrected chi connectivity index (χ0v) is 30.4. The smallest absolute Gasteiger partial charge is 0.143 e. The molecule has 1 aromatic heterocycles. The predicted octanol–water partition coefficient (Wildman–Crippen LogP) is 14.9. The van der Waals surface area contributed by atoms with Gasteiger partial charge in [-0.15, -0.1) is 0 Å². The molecule has 2 heteroatoms. The Morgan fingerprint density at radius 3 is 1.93 bits per heavy atom. The fourth-order valence-corrected chi connectivity index (χ4v) is 11.0. The first-order valence-corrected chi connectivity index (χ1v) is 19.8. The Morgan fingerprint density at radius 1 is 0.481 bits per heavy atom. The molecule has 254 valence electrons. The van der Waals surface area contributed by atoms with Gasteiger partial charge in [-0.05, 0) is 113 Å². The zero-order chi connectivity index (χ0) is 35.3. The summed E-state index contributed by atoms with van der Waals surface area (Å²) in [5.74, 6) is 0.633. The average Bonchev–Trinajstić information content (AvgIpc) is 3.79. The zero-order valence-electron chi connectivity index (χ0n) is 29.6. The molecule has 3 aliphatic rings. The summed E-state index contributed by atoms with van der Waals surface area (Å²) in [5.41, 5.74) is 10.3. The number of furan rings is 1. The van der Waals surface area contributed by atoms with Crippen molar-refractivity contribution in [3.63, 3.8) is 0 Å². The minimum absolute atomic E-state index is 0.315. The maximum atomic E-state index is 6.52. The summed E-state index contributed by atoms with van der Waals surface area (Å²) in [5, 5.41) is 12.8. The van der Waals surface area contributed by atoms with E-state index in [0.29, 0.717) is 11.8 Å². The molecular weight excluding hydrogens is 673 g/mol. The lowest BCUT2D eigenvalue weighted by atomic mass is 9.78. The van der Waals surface area contributed by atoms with Gasteiger partial charge in [0.05, 0.1) is 0 Å². The van der Waals surface area contributed by atoms with Gasteiger partial charge in [-0.3, -0.25) is 0 Å². The molecule has 2 aliphatic carbocycles. The van der Waals surface area contributed by atoms with Crippen LogP contribution >= 0.6 is 11.8 Å². The van der Waals surface area contributed by atoms with Crippen LogP contribution in [0.25, 0.3) is 76.2 Å². The maximum Gasteiger partial charge on any atom is 0.143 e. The van der Waals surface area contributed by atoms with Gasteiger partial charge in [0.15, 0.2) is 0 Å². The molecule has 54 heavy (non-hydrogen) atoms. The van der Waals surface area contributed by atoms with Crippen molar-refractivity contribution in [1.29, 1.82) is 0 Å². The van der Waals surface area contributed by atoms with E-state index in [2.05, 4.69) is 170 Å². The SMILES string of the molecule is C1=CC(c2cccc3ccccc23)CC(c2c3ccccc3c(C3=CC=C4Sc5cc6ccc7c8ccccc8oc7c6cc5C4C3)c3ccccc23)=C1. The number of hydrogen-bond acceptors (Lipinski definition) is 2. The molecule has 1 nitrogen and oxygen atoms in total. The molecule has 8 aromatic carbocycles. The van der Waals surface area contributed by atoms with E-state index in [0.717, 1.165) is 24.0 Å². The Labute approximate surface area is 317 Å². The van der Waals surface area contributed by atoms with Crippen molar-refractivity contribution in [2.75, 3.05) is 0 Å². The van der Waals surface area contributed by atoms with E-state index in [1.165, 1.54) is 97.1 Å². The van der Waals surface area contributed by atoms with Gasteiger partial charge in [0, 0.05) is 32.9 Å². The Bertz CT molecular complexity index is 3140. The molecule has 0 amide bonds. The molecule has 0 radical (unpaired) electrons. The van der Waals surface area contributed by atoms with E-state index in [1.54, 1.807) is 0 Å². The number of rotatable bonds is 3. The third-order valence-corrected chi connectivity index (χ3v) is 13.4. The lowest BCUT2D eigenvalue weighted by Gasteiger charge is -2.26. The Hall–Kier alpha value is -6.09. The second-order valence-corrected chi connectivity index (χ2v) is 16.2. The van der Waals surface area contributed by atoms with Crippen LogP contribution in [0.4, 0.5) is 0 Å². The molecule has 0 saturated carbocycles. The molecule has 0 spiro atoms. The number of para-hydroxylation sites is 1. The van der Waals surface area contributed by atoms with Crippen molar-refractivity contribution < 1.29 is 4.42 Å². The number of hydrogen-bond donors (Lipinski definition) is 0. The highest BCUT2D eigenvalue weighted by Crippen LogP contribution is 2.56. The van der Waals surface area contributed by atoms with Gasteiger partial charge in [0.25, 0.3) is 0 Å². The quantitative estimate of drug-likeness (QED) is 0.170. The summed E-state index contributed by atoms with van der Waals surface area (Å²) in [6.45, 7) is 0. The van der Waals surface area contributed by atoms with Crippen LogP contribution in [-0.4, -0.2) is 0 Å². The minimum atomic E-state index is 0.315. The van der Waals surface area contributed by atoms with Gasteiger partial charge < -0.3 is 4.42 Å². The molecule has 9 aromatic rings. The minimum Gasteiger partial charge on any atom is -0.455 e. The molecule has 1 aliphatic heterocycles. The lowest BCUT2D eigenvalue weighted by Crippen LogP contribution is -2.05. The summed E-state index contributed by atoms with van der Waals surface area (Å²) in [7, 11) is 0. The van der Waals surface area contributed by atoms with Crippen LogP contribution in [0.1, 0.15) is 46.9 Å². The summed E-state index contributed by atoms with van der Waals surface area (Å²) >= 11 is 1.94. The van der Waals surface area contributed by atoms with Crippen LogP contribution in [0.2, 0.25) is 0 Å². The van der Waals surface area contributed by atoms with Gasteiger partial charge in [-0.2, -0.15) is 0 Å². The fraction of sp³-hybridized carbons (Fsp3) is 0.0769. The summed E-state index contributed by atoms with van der Waals surface area (Å²) < 4.78 is 6.52. The molecule has 2 atom stereocenters. The van der Waals surface area contributed by atoms with Crippen molar-refractivity contribution in [2.45, 2.75) is 29.6 Å². The second-order valence-electron chi connectivity index (χ2n) is 15.1. The van der Waals surface area contributed by atoms with Crippen LogP contribution in [0, 0.1) is 0 Å². The van der Waals surface area contributed by atoms with Crippen molar-refractivity contribution in [3.8, 4) is 0 Å². The number of fused-ring (bicyclic) bond motifs is 11. The normalized spacial score (nSPS) is 18.0. The molecule has 2 heterocycles. The fourth-order valence-electron chi connectivity index (χ4n) is 9.75. The second kappa shape index (κ2) is 11.7. The Balaban J connectivity index is 0.979. The molecule has 12 rings (SSSR count). The summed E-state index contributed by atoms with van der Waals surface area (Å²) in [6.07, 6.45) is 13.8. The van der Waals surface area contributed by atoms with E-state index in [1.807, 2.05) is 11.8 Å². The Morgan fingerprint density at radius 2 is 1.15 bits per heavy atom. The molecule has 0 saturated heterocycles. The topological polar surface area (TPSA) is 13.1 Å². The third kappa shape index (κ3) is 4.47. The molecule has 0 bridgehead atoms. The molecular formula is C52H34OS. The lowest BCUT2D eigenvalue weighted by molar-refractivity contribution is 0.672. The summed E-state index contributed by atoms with van der Waals surface area (Å²) in [4.78, 5) is 2.81. The van der Waals surface area contributed by atoms with Crippen molar-refractivity contribution in [1.82, 2.24) is 0 Å². The van der Waals surface area contributed by atoms with Crippen molar-refractivity contribution in [2.24, 2.45) is 0 Å².